The summed E-state index contributed by atoms with van der Waals surface area (Å²) in [5.41, 5.74) is 2.35. The van der Waals surface area contributed by atoms with Gasteiger partial charge in [0, 0.05) is 18.0 Å². The maximum atomic E-state index is 12.6. The van der Waals surface area contributed by atoms with Crippen LogP contribution in [0.2, 0.25) is 5.02 Å². The van der Waals surface area contributed by atoms with Crippen LogP contribution in [0.15, 0.2) is 42.5 Å². The van der Waals surface area contributed by atoms with Crippen LogP contribution in [0.4, 0.5) is 11.4 Å². The first-order valence-electron chi connectivity index (χ1n) is 10.0. The molecule has 0 aromatic heterocycles. The molecule has 4 rings (SSSR count). The number of fused-ring (bicyclic) bond motifs is 1. The summed E-state index contributed by atoms with van der Waals surface area (Å²) in [5, 5.41) is 3.45. The molecule has 3 amide bonds. The van der Waals surface area contributed by atoms with Gasteiger partial charge in [0.1, 0.15) is 0 Å². The summed E-state index contributed by atoms with van der Waals surface area (Å²) in [5.74, 6) is -0.978. The summed E-state index contributed by atoms with van der Waals surface area (Å²) < 4.78 is 0. The molecule has 2 aromatic rings. The van der Waals surface area contributed by atoms with E-state index in [1.54, 1.807) is 30.3 Å². The third-order valence-electron chi connectivity index (χ3n) is 5.63. The lowest BCUT2D eigenvalue weighted by molar-refractivity contribution is -0.880. The van der Waals surface area contributed by atoms with E-state index >= 15 is 0 Å². The van der Waals surface area contributed by atoms with E-state index in [1.165, 1.54) is 4.90 Å². The lowest BCUT2D eigenvalue weighted by atomic mass is 10.1. The first kappa shape index (κ1) is 20.4. The zero-order chi connectivity index (χ0) is 21.3. The molecule has 2 aliphatic rings. The molecule has 0 spiro atoms. The highest BCUT2D eigenvalue weighted by Crippen LogP contribution is 2.29. The molecule has 2 N–H and O–H groups in total. The third kappa shape index (κ3) is 4.04. The van der Waals surface area contributed by atoms with Gasteiger partial charge in [0.2, 0.25) is 5.91 Å². The van der Waals surface area contributed by atoms with Gasteiger partial charge in [-0.15, -0.1) is 0 Å². The van der Waals surface area contributed by atoms with Gasteiger partial charge in [-0.25, -0.2) is 0 Å². The van der Waals surface area contributed by atoms with Crippen molar-refractivity contribution in [1.82, 2.24) is 4.90 Å². The van der Waals surface area contributed by atoms with Crippen molar-refractivity contribution in [3.05, 3.63) is 58.6 Å². The average Bonchev–Trinajstić information content (AvgIpc) is 2.98. The van der Waals surface area contributed by atoms with E-state index in [2.05, 4.69) is 17.3 Å². The normalized spacial score (nSPS) is 16.7. The number of imide groups is 1. The van der Waals surface area contributed by atoms with Crippen LogP contribution in [0.5, 0.6) is 0 Å². The van der Waals surface area contributed by atoms with E-state index in [-0.39, 0.29) is 30.7 Å². The maximum Gasteiger partial charge on any atom is 0.261 e. The fraction of sp³-hybridized carbons (Fsp3) is 0.318. The Bertz CT molecular complexity index is 967. The standard InChI is InChI=1S/C22H23ClN4O3/c1-25-10-12-26(13-11-25)19-7-6-15(23)14-18(19)24-20(28)8-9-27-21(29)16-4-2-3-5-17(16)22(27)30/h2-7,14H,8-13H2,1H3,(H,24,28)/p+1. The monoisotopic (exact) mass is 427 g/mol. The lowest BCUT2D eigenvalue weighted by Crippen LogP contribution is -3.12. The Morgan fingerprint density at radius 1 is 1.07 bits per heavy atom. The minimum atomic E-state index is -0.355. The minimum Gasteiger partial charge on any atom is -0.359 e. The molecule has 156 valence electrons. The van der Waals surface area contributed by atoms with Gasteiger partial charge in [-0.3, -0.25) is 19.3 Å². The summed E-state index contributed by atoms with van der Waals surface area (Å²) in [7, 11) is 2.17. The summed E-state index contributed by atoms with van der Waals surface area (Å²) in [6.45, 7) is 3.87. The van der Waals surface area contributed by atoms with E-state index in [0.717, 1.165) is 36.8 Å². The van der Waals surface area contributed by atoms with E-state index in [1.807, 2.05) is 12.1 Å². The number of benzene rings is 2. The molecule has 2 heterocycles. The van der Waals surface area contributed by atoms with Crippen LogP contribution < -0.4 is 15.1 Å². The highest BCUT2D eigenvalue weighted by atomic mass is 35.5. The van der Waals surface area contributed by atoms with Gasteiger partial charge >= 0.3 is 0 Å². The van der Waals surface area contributed by atoms with Crippen molar-refractivity contribution in [3.63, 3.8) is 0 Å². The second-order valence-corrected chi connectivity index (χ2v) is 8.15. The van der Waals surface area contributed by atoms with Crippen LogP contribution in [0.1, 0.15) is 27.1 Å². The van der Waals surface area contributed by atoms with Crippen molar-refractivity contribution >= 4 is 40.7 Å². The summed E-state index contributed by atoms with van der Waals surface area (Å²) in [6, 6.07) is 12.2. The van der Waals surface area contributed by atoms with Gasteiger partial charge in [-0.1, -0.05) is 23.7 Å². The number of nitrogens with zero attached hydrogens (tertiary/aromatic N) is 2. The van der Waals surface area contributed by atoms with Gasteiger partial charge in [-0.05, 0) is 30.3 Å². The number of quaternary nitrogens is 1. The quantitative estimate of drug-likeness (QED) is 0.705. The predicted octanol–water partition coefficient (Wildman–Crippen LogP) is 1.30. The number of hydrogen-bond acceptors (Lipinski definition) is 4. The fourth-order valence-electron chi connectivity index (χ4n) is 3.88. The number of amides is 3. The summed E-state index contributed by atoms with van der Waals surface area (Å²) in [4.78, 5) is 42.4. The zero-order valence-electron chi connectivity index (χ0n) is 16.8. The number of piperazine rings is 1. The molecule has 2 aromatic carbocycles. The summed E-state index contributed by atoms with van der Waals surface area (Å²) >= 11 is 6.16. The van der Waals surface area contributed by atoms with Crippen molar-refractivity contribution in [2.24, 2.45) is 0 Å². The van der Waals surface area contributed by atoms with Crippen molar-refractivity contribution in [3.8, 4) is 0 Å². The minimum absolute atomic E-state index is 0.0182. The molecule has 1 fully saturated rings. The highest BCUT2D eigenvalue weighted by molar-refractivity contribution is 6.31. The van der Waals surface area contributed by atoms with Gasteiger partial charge < -0.3 is 15.1 Å². The van der Waals surface area contributed by atoms with Gasteiger partial charge in [0.15, 0.2) is 0 Å². The Labute approximate surface area is 180 Å². The number of anilines is 2. The molecule has 0 atom stereocenters. The number of halogens is 1. The number of rotatable bonds is 5. The maximum absolute atomic E-state index is 12.6. The molecule has 2 aliphatic heterocycles. The van der Waals surface area contributed by atoms with Crippen molar-refractivity contribution in [1.29, 1.82) is 0 Å². The number of likely N-dealkylation sites (N-methyl/N-ethyl adjacent to an activating group) is 1. The van der Waals surface area contributed by atoms with Crippen LogP contribution in [0, 0.1) is 0 Å². The molecule has 7 nitrogen and oxygen atoms in total. The average molecular weight is 428 g/mol. The van der Waals surface area contributed by atoms with E-state index in [0.29, 0.717) is 21.8 Å². The molecular formula is C22H24ClN4O3+. The molecule has 0 radical (unpaired) electrons. The first-order chi connectivity index (χ1) is 14.4. The Hall–Kier alpha value is -2.90. The highest BCUT2D eigenvalue weighted by Gasteiger charge is 2.35. The molecule has 0 bridgehead atoms. The molecular weight excluding hydrogens is 404 g/mol. The largest absolute Gasteiger partial charge is 0.359 e. The molecule has 1 saturated heterocycles. The molecule has 8 heteroatoms. The van der Waals surface area contributed by atoms with Crippen LogP contribution in [0.25, 0.3) is 0 Å². The van der Waals surface area contributed by atoms with E-state index in [9.17, 15) is 14.4 Å². The number of nitrogens with one attached hydrogen (secondary N) is 2. The van der Waals surface area contributed by atoms with E-state index in [4.69, 9.17) is 11.6 Å². The molecule has 0 unspecified atom stereocenters. The number of carbonyl (C=O) groups is 3. The zero-order valence-corrected chi connectivity index (χ0v) is 17.5. The van der Waals surface area contributed by atoms with Gasteiger partial charge in [-0.2, -0.15) is 0 Å². The van der Waals surface area contributed by atoms with Crippen LogP contribution >= 0.6 is 11.6 Å². The van der Waals surface area contributed by atoms with E-state index < -0.39 is 0 Å². The number of carbonyl (C=O) groups excluding carboxylic acids is 3. The smallest absolute Gasteiger partial charge is 0.261 e. The number of hydrogen-bond donors (Lipinski definition) is 2. The second-order valence-electron chi connectivity index (χ2n) is 7.71. The Morgan fingerprint density at radius 2 is 1.70 bits per heavy atom. The topological polar surface area (TPSA) is 74.2 Å². The summed E-state index contributed by atoms with van der Waals surface area (Å²) in [6.07, 6.45) is 0.0182. The predicted molar refractivity (Wildman–Crippen MR) is 115 cm³/mol. The fourth-order valence-corrected chi connectivity index (χ4v) is 4.05. The van der Waals surface area contributed by atoms with Crippen LogP contribution in [-0.2, 0) is 4.79 Å². The van der Waals surface area contributed by atoms with Gasteiger partial charge in [0.25, 0.3) is 11.8 Å². The Morgan fingerprint density at radius 3 is 2.33 bits per heavy atom. The second kappa shape index (κ2) is 8.45. The Kier molecular flexibility index (Phi) is 5.74. The molecule has 30 heavy (non-hydrogen) atoms. The van der Waals surface area contributed by atoms with Crippen molar-refractivity contribution in [2.75, 3.05) is 50.0 Å². The lowest BCUT2D eigenvalue weighted by Gasteiger charge is -2.33. The Balaban J connectivity index is 1.42. The first-order valence-corrected chi connectivity index (χ1v) is 10.4. The van der Waals surface area contributed by atoms with Crippen molar-refractivity contribution in [2.45, 2.75) is 6.42 Å². The third-order valence-corrected chi connectivity index (χ3v) is 5.87. The SMILES string of the molecule is C[NH+]1CCN(c2ccc(Cl)cc2NC(=O)CCN2C(=O)c3ccccc3C2=O)CC1. The van der Waals surface area contributed by atoms with Crippen molar-refractivity contribution < 1.29 is 19.3 Å². The molecule has 0 saturated carbocycles. The van der Waals surface area contributed by atoms with Crippen LogP contribution in [0.3, 0.4) is 0 Å². The molecule has 0 aliphatic carbocycles. The van der Waals surface area contributed by atoms with Gasteiger partial charge in [0.05, 0.1) is 55.7 Å². The van der Waals surface area contributed by atoms with Crippen LogP contribution in [-0.4, -0.2) is 62.4 Å².